The van der Waals surface area contributed by atoms with Gasteiger partial charge in [-0.1, -0.05) is 11.6 Å². The first-order valence-corrected chi connectivity index (χ1v) is 4.79. The lowest BCUT2D eigenvalue weighted by molar-refractivity contribution is -0.0508. The van der Waals surface area contributed by atoms with Crippen molar-refractivity contribution in [3.8, 4) is 5.75 Å². The molecule has 1 heterocycles. The first-order valence-electron chi connectivity index (χ1n) is 4.41. The van der Waals surface area contributed by atoms with Crippen molar-refractivity contribution >= 4 is 11.6 Å². The summed E-state index contributed by atoms with van der Waals surface area (Å²) in [6, 6.07) is 4.11. The molecule has 1 fully saturated rings. The molecule has 0 aliphatic carbocycles. The third-order valence-electron chi connectivity index (χ3n) is 2.08. The van der Waals surface area contributed by atoms with Crippen molar-refractivity contribution in [3.05, 3.63) is 29.0 Å². The highest BCUT2D eigenvalue weighted by Gasteiger charge is 2.19. The molecular formula is C10H10ClFO2. The summed E-state index contributed by atoms with van der Waals surface area (Å²) in [5, 5.41) is 0.310. The second-order valence-corrected chi connectivity index (χ2v) is 3.70. The standard InChI is InChI=1S/C10H10ClFO2/c11-9-3-8(12)1-2-10(9)14-6-7-4-13-5-7/h1-3,7H,4-6H2. The van der Waals surface area contributed by atoms with Crippen LogP contribution >= 0.6 is 11.6 Å². The summed E-state index contributed by atoms with van der Waals surface area (Å²) < 4.78 is 23.1. The second-order valence-electron chi connectivity index (χ2n) is 3.29. The number of rotatable bonds is 3. The van der Waals surface area contributed by atoms with E-state index in [1.165, 1.54) is 18.2 Å². The molecule has 1 aliphatic rings. The highest BCUT2D eigenvalue weighted by molar-refractivity contribution is 6.32. The number of ether oxygens (including phenoxy) is 2. The van der Waals surface area contributed by atoms with Gasteiger partial charge in [0.15, 0.2) is 0 Å². The summed E-state index contributed by atoms with van der Waals surface area (Å²) >= 11 is 5.78. The van der Waals surface area contributed by atoms with Crippen molar-refractivity contribution in [1.29, 1.82) is 0 Å². The van der Waals surface area contributed by atoms with Crippen molar-refractivity contribution in [3.63, 3.8) is 0 Å². The van der Waals surface area contributed by atoms with Gasteiger partial charge in [-0.2, -0.15) is 0 Å². The fourth-order valence-electron chi connectivity index (χ4n) is 1.18. The molecule has 0 N–H and O–H groups in total. The molecule has 1 aromatic rings. The Morgan fingerprint density at radius 1 is 1.50 bits per heavy atom. The van der Waals surface area contributed by atoms with Gasteiger partial charge >= 0.3 is 0 Å². The van der Waals surface area contributed by atoms with Gasteiger partial charge in [0, 0.05) is 5.92 Å². The molecule has 0 bridgehead atoms. The van der Waals surface area contributed by atoms with Crippen LogP contribution in [0.1, 0.15) is 0 Å². The molecule has 0 aromatic heterocycles. The highest BCUT2D eigenvalue weighted by Crippen LogP contribution is 2.25. The van der Waals surface area contributed by atoms with Crippen molar-refractivity contribution in [2.24, 2.45) is 5.92 Å². The molecule has 0 spiro atoms. The quantitative estimate of drug-likeness (QED) is 0.773. The number of hydrogen-bond acceptors (Lipinski definition) is 2. The molecule has 1 saturated heterocycles. The van der Waals surface area contributed by atoms with Gasteiger partial charge in [0.05, 0.1) is 24.8 Å². The molecule has 0 unspecified atom stereocenters. The summed E-state index contributed by atoms with van der Waals surface area (Å²) in [6.07, 6.45) is 0. The van der Waals surface area contributed by atoms with Gasteiger partial charge in [0.2, 0.25) is 0 Å². The Labute approximate surface area is 86.6 Å². The van der Waals surface area contributed by atoms with Crippen LogP contribution in [0, 0.1) is 11.7 Å². The average molecular weight is 217 g/mol. The van der Waals surface area contributed by atoms with Crippen LogP contribution in [0.3, 0.4) is 0 Å². The lowest BCUT2D eigenvalue weighted by atomic mass is 10.1. The Balaban J connectivity index is 1.94. The molecule has 2 nitrogen and oxygen atoms in total. The number of halogens is 2. The van der Waals surface area contributed by atoms with Crippen LogP contribution in [0.2, 0.25) is 5.02 Å². The topological polar surface area (TPSA) is 18.5 Å². The van der Waals surface area contributed by atoms with Crippen molar-refractivity contribution in [1.82, 2.24) is 0 Å². The Morgan fingerprint density at radius 2 is 2.29 bits per heavy atom. The van der Waals surface area contributed by atoms with Crippen LogP contribution in [0.25, 0.3) is 0 Å². The summed E-state index contributed by atoms with van der Waals surface area (Å²) in [7, 11) is 0. The zero-order valence-corrected chi connectivity index (χ0v) is 8.26. The Hall–Kier alpha value is -0.800. The zero-order valence-electron chi connectivity index (χ0n) is 7.50. The molecule has 4 heteroatoms. The van der Waals surface area contributed by atoms with E-state index in [0.717, 1.165) is 13.2 Å². The van der Waals surface area contributed by atoms with Gasteiger partial charge in [0.1, 0.15) is 11.6 Å². The highest BCUT2D eigenvalue weighted by atomic mass is 35.5. The van der Waals surface area contributed by atoms with E-state index in [1.807, 2.05) is 0 Å². The van der Waals surface area contributed by atoms with Gasteiger partial charge in [-0.15, -0.1) is 0 Å². The molecular weight excluding hydrogens is 207 g/mol. The minimum atomic E-state index is -0.352. The minimum absolute atomic E-state index is 0.310. The maximum Gasteiger partial charge on any atom is 0.138 e. The maximum atomic E-state index is 12.7. The molecule has 76 valence electrons. The van der Waals surface area contributed by atoms with Crippen LogP contribution < -0.4 is 4.74 Å². The van der Waals surface area contributed by atoms with Crippen molar-refractivity contribution in [2.45, 2.75) is 0 Å². The molecule has 0 amide bonds. The fraction of sp³-hybridized carbons (Fsp3) is 0.400. The van der Waals surface area contributed by atoms with E-state index in [9.17, 15) is 4.39 Å². The molecule has 14 heavy (non-hydrogen) atoms. The van der Waals surface area contributed by atoms with Crippen molar-refractivity contribution in [2.75, 3.05) is 19.8 Å². The van der Waals surface area contributed by atoms with Crippen molar-refractivity contribution < 1.29 is 13.9 Å². The predicted octanol–water partition coefficient (Wildman–Crippen LogP) is 2.50. The first kappa shape index (κ1) is 9.74. The Morgan fingerprint density at radius 3 is 2.86 bits per heavy atom. The van der Waals surface area contributed by atoms with Crippen LogP contribution in [0.4, 0.5) is 4.39 Å². The third kappa shape index (κ3) is 2.16. The summed E-state index contributed by atoms with van der Waals surface area (Å²) in [6.45, 7) is 2.04. The largest absolute Gasteiger partial charge is 0.492 e. The van der Waals surface area contributed by atoms with E-state index in [0.29, 0.717) is 23.3 Å². The van der Waals surface area contributed by atoms with Gasteiger partial charge in [-0.05, 0) is 18.2 Å². The van der Waals surface area contributed by atoms with Crippen LogP contribution in [0.5, 0.6) is 5.75 Å². The lowest BCUT2D eigenvalue weighted by Gasteiger charge is -2.25. The minimum Gasteiger partial charge on any atom is -0.492 e. The SMILES string of the molecule is Fc1ccc(OCC2COC2)c(Cl)c1. The Kier molecular flexibility index (Phi) is 2.89. The molecule has 1 aromatic carbocycles. The molecule has 0 radical (unpaired) electrons. The van der Waals surface area contributed by atoms with E-state index in [1.54, 1.807) is 0 Å². The van der Waals surface area contributed by atoms with E-state index in [-0.39, 0.29) is 5.82 Å². The Bertz CT molecular complexity index is 326. The van der Waals surface area contributed by atoms with E-state index >= 15 is 0 Å². The van der Waals surface area contributed by atoms with Crippen LogP contribution in [-0.2, 0) is 4.74 Å². The van der Waals surface area contributed by atoms with E-state index < -0.39 is 0 Å². The van der Waals surface area contributed by atoms with Crippen LogP contribution in [-0.4, -0.2) is 19.8 Å². The first-order chi connectivity index (χ1) is 6.75. The monoisotopic (exact) mass is 216 g/mol. The zero-order chi connectivity index (χ0) is 9.97. The normalized spacial score (nSPS) is 16.4. The number of hydrogen-bond donors (Lipinski definition) is 0. The fourth-order valence-corrected chi connectivity index (χ4v) is 1.40. The second kappa shape index (κ2) is 4.15. The maximum absolute atomic E-state index is 12.7. The van der Waals surface area contributed by atoms with Crippen LogP contribution in [0.15, 0.2) is 18.2 Å². The summed E-state index contributed by atoms with van der Waals surface area (Å²) in [5.41, 5.74) is 0. The van der Waals surface area contributed by atoms with Gasteiger partial charge < -0.3 is 9.47 Å². The average Bonchev–Trinajstić information content (AvgIpc) is 2.05. The van der Waals surface area contributed by atoms with E-state index in [2.05, 4.69) is 0 Å². The van der Waals surface area contributed by atoms with Gasteiger partial charge in [-0.3, -0.25) is 0 Å². The third-order valence-corrected chi connectivity index (χ3v) is 2.37. The molecule has 0 atom stereocenters. The molecule has 0 saturated carbocycles. The smallest absolute Gasteiger partial charge is 0.138 e. The lowest BCUT2D eigenvalue weighted by Crippen LogP contribution is -2.32. The van der Waals surface area contributed by atoms with Gasteiger partial charge in [0.25, 0.3) is 0 Å². The summed E-state index contributed by atoms with van der Waals surface area (Å²) in [5.74, 6) is 0.616. The van der Waals surface area contributed by atoms with E-state index in [4.69, 9.17) is 21.1 Å². The summed E-state index contributed by atoms with van der Waals surface area (Å²) in [4.78, 5) is 0. The molecule has 2 rings (SSSR count). The van der Waals surface area contributed by atoms with Gasteiger partial charge in [-0.25, -0.2) is 4.39 Å². The predicted molar refractivity (Wildman–Crippen MR) is 51.2 cm³/mol. The number of benzene rings is 1. The molecule has 1 aliphatic heterocycles.